The monoisotopic (exact) mass is 330 g/mol. The Morgan fingerprint density at radius 3 is 3.04 bits per heavy atom. The van der Waals surface area contributed by atoms with Crippen molar-refractivity contribution >= 4 is 5.97 Å². The molecule has 2 aliphatic heterocycles. The van der Waals surface area contributed by atoms with Gasteiger partial charge in [-0.2, -0.15) is 0 Å². The number of fused-ring (bicyclic) bond motifs is 3. The number of ether oxygens (including phenoxy) is 3. The van der Waals surface area contributed by atoms with Gasteiger partial charge in [-0.05, 0) is 49.4 Å². The quantitative estimate of drug-likeness (QED) is 0.620. The maximum absolute atomic E-state index is 11.7. The molecule has 0 amide bonds. The van der Waals surface area contributed by atoms with Crippen molar-refractivity contribution in [1.82, 2.24) is 20.2 Å². The first-order valence-corrected chi connectivity index (χ1v) is 7.90. The third kappa shape index (κ3) is 2.43. The first kappa shape index (κ1) is 15.1. The van der Waals surface area contributed by atoms with Crippen LogP contribution in [0.15, 0.2) is 18.2 Å². The number of rotatable bonds is 4. The lowest BCUT2D eigenvalue weighted by Crippen LogP contribution is -2.37. The van der Waals surface area contributed by atoms with Crippen LogP contribution in [0.2, 0.25) is 0 Å². The summed E-state index contributed by atoms with van der Waals surface area (Å²) in [5.74, 6) is 0.944. The van der Waals surface area contributed by atoms with Crippen molar-refractivity contribution < 1.29 is 19.0 Å². The summed E-state index contributed by atoms with van der Waals surface area (Å²) in [5.41, 5.74) is 1.47. The van der Waals surface area contributed by atoms with Crippen LogP contribution in [-0.4, -0.2) is 44.5 Å². The highest BCUT2D eigenvalue weighted by molar-refractivity contribution is 5.70. The van der Waals surface area contributed by atoms with E-state index in [9.17, 15) is 4.79 Å². The standard InChI is InChI=1S/C16H18N4O4/c1-4-22-12(21)8-20-15(17-18-19-20)9-5-6-11-10(7-9)13-14(23-13)16(2,3)24-11/h5-7,13-14H,4,8H2,1-3H3/t13-,14-/m0/s1. The normalized spacial score (nSPS) is 23.0. The Morgan fingerprint density at radius 1 is 1.42 bits per heavy atom. The highest BCUT2D eigenvalue weighted by atomic mass is 16.6. The van der Waals surface area contributed by atoms with E-state index in [1.807, 2.05) is 32.0 Å². The van der Waals surface area contributed by atoms with Crippen molar-refractivity contribution in [3.05, 3.63) is 23.8 Å². The minimum Gasteiger partial charge on any atom is -0.485 e. The van der Waals surface area contributed by atoms with Gasteiger partial charge in [-0.15, -0.1) is 5.10 Å². The van der Waals surface area contributed by atoms with Gasteiger partial charge in [-0.25, -0.2) is 4.68 Å². The Balaban J connectivity index is 1.64. The summed E-state index contributed by atoms with van der Waals surface area (Å²) in [4.78, 5) is 11.7. The van der Waals surface area contributed by atoms with Gasteiger partial charge in [0.15, 0.2) is 5.82 Å². The van der Waals surface area contributed by atoms with Gasteiger partial charge in [0, 0.05) is 11.1 Å². The zero-order chi connectivity index (χ0) is 16.9. The van der Waals surface area contributed by atoms with Crippen LogP contribution in [0.1, 0.15) is 32.4 Å². The molecule has 2 atom stereocenters. The predicted molar refractivity (Wildman–Crippen MR) is 82.2 cm³/mol. The molecule has 2 aromatic rings. The van der Waals surface area contributed by atoms with Crippen molar-refractivity contribution in [2.75, 3.05) is 6.61 Å². The van der Waals surface area contributed by atoms with Crippen molar-refractivity contribution in [2.24, 2.45) is 0 Å². The number of carbonyl (C=O) groups is 1. The topological polar surface area (TPSA) is 91.7 Å². The molecule has 1 saturated heterocycles. The first-order chi connectivity index (χ1) is 11.5. The number of epoxide rings is 1. The summed E-state index contributed by atoms with van der Waals surface area (Å²) >= 11 is 0. The van der Waals surface area contributed by atoms with Crippen LogP contribution in [0.5, 0.6) is 5.75 Å². The molecule has 126 valence electrons. The molecular formula is C16H18N4O4. The van der Waals surface area contributed by atoms with E-state index in [2.05, 4.69) is 15.5 Å². The molecule has 0 aliphatic carbocycles. The summed E-state index contributed by atoms with van der Waals surface area (Å²) in [6.45, 7) is 6.10. The van der Waals surface area contributed by atoms with Gasteiger partial charge in [-0.1, -0.05) is 0 Å². The number of benzene rings is 1. The molecule has 1 aromatic heterocycles. The zero-order valence-electron chi connectivity index (χ0n) is 13.7. The second-order valence-electron chi connectivity index (χ2n) is 6.40. The lowest BCUT2D eigenvalue weighted by Gasteiger charge is -2.29. The van der Waals surface area contributed by atoms with Gasteiger partial charge < -0.3 is 14.2 Å². The molecule has 2 aliphatic rings. The van der Waals surface area contributed by atoms with Gasteiger partial charge in [0.25, 0.3) is 0 Å². The van der Waals surface area contributed by atoms with Crippen LogP contribution in [0.25, 0.3) is 11.4 Å². The van der Waals surface area contributed by atoms with Crippen molar-refractivity contribution in [1.29, 1.82) is 0 Å². The van der Waals surface area contributed by atoms with Gasteiger partial charge in [0.05, 0.1) is 6.61 Å². The van der Waals surface area contributed by atoms with E-state index >= 15 is 0 Å². The molecule has 3 heterocycles. The summed E-state index contributed by atoms with van der Waals surface area (Å²) in [6, 6.07) is 5.74. The van der Waals surface area contributed by atoms with Crippen molar-refractivity contribution in [2.45, 2.75) is 45.1 Å². The number of hydrogen-bond acceptors (Lipinski definition) is 7. The molecule has 0 spiro atoms. The van der Waals surface area contributed by atoms with Gasteiger partial charge in [0.1, 0.15) is 30.1 Å². The fraction of sp³-hybridized carbons (Fsp3) is 0.500. The van der Waals surface area contributed by atoms with Crippen LogP contribution >= 0.6 is 0 Å². The molecule has 1 aromatic carbocycles. The molecule has 0 N–H and O–H groups in total. The van der Waals surface area contributed by atoms with Gasteiger partial charge in [-0.3, -0.25) is 4.79 Å². The molecule has 0 radical (unpaired) electrons. The Kier molecular flexibility index (Phi) is 3.31. The average molecular weight is 330 g/mol. The maximum Gasteiger partial charge on any atom is 0.327 e. The van der Waals surface area contributed by atoms with E-state index in [4.69, 9.17) is 14.2 Å². The van der Waals surface area contributed by atoms with E-state index in [0.717, 1.165) is 16.9 Å². The highest BCUT2D eigenvalue weighted by Crippen LogP contribution is 2.54. The molecule has 8 nitrogen and oxygen atoms in total. The van der Waals surface area contributed by atoms with E-state index in [1.165, 1.54) is 4.68 Å². The summed E-state index contributed by atoms with van der Waals surface area (Å²) in [6.07, 6.45) is 0.105. The Bertz CT molecular complexity index is 801. The minimum absolute atomic E-state index is 0.0284. The number of nitrogens with zero attached hydrogens (tertiary/aromatic N) is 4. The van der Waals surface area contributed by atoms with Crippen LogP contribution in [0.3, 0.4) is 0 Å². The lowest BCUT2D eigenvalue weighted by atomic mass is 9.93. The number of hydrogen-bond donors (Lipinski definition) is 0. The number of carbonyl (C=O) groups excluding carboxylic acids is 1. The fourth-order valence-electron chi connectivity index (χ4n) is 3.07. The molecule has 24 heavy (non-hydrogen) atoms. The number of tetrazole rings is 1. The van der Waals surface area contributed by atoms with Crippen molar-refractivity contribution in [3.8, 4) is 17.1 Å². The second-order valence-corrected chi connectivity index (χ2v) is 6.40. The largest absolute Gasteiger partial charge is 0.485 e. The van der Waals surface area contributed by atoms with Gasteiger partial charge in [0.2, 0.25) is 0 Å². The molecule has 0 bridgehead atoms. The van der Waals surface area contributed by atoms with Gasteiger partial charge >= 0.3 is 5.97 Å². The third-order valence-corrected chi connectivity index (χ3v) is 4.24. The third-order valence-electron chi connectivity index (χ3n) is 4.24. The summed E-state index contributed by atoms with van der Waals surface area (Å²) in [7, 11) is 0. The van der Waals surface area contributed by atoms with Crippen LogP contribution in [0.4, 0.5) is 0 Å². The maximum atomic E-state index is 11.7. The second kappa shape index (κ2) is 5.27. The summed E-state index contributed by atoms with van der Waals surface area (Å²) in [5, 5.41) is 11.6. The zero-order valence-corrected chi connectivity index (χ0v) is 13.7. The molecule has 0 saturated carbocycles. The van der Waals surface area contributed by atoms with Crippen molar-refractivity contribution in [3.63, 3.8) is 0 Å². The van der Waals surface area contributed by atoms with Crippen LogP contribution in [-0.2, 0) is 20.8 Å². The Hall–Kier alpha value is -2.48. The smallest absolute Gasteiger partial charge is 0.327 e. The predicted octanol–water partition coefficient (Wildman–Crippen LogP) is 1.51. The lowest BCUT2D eigenvalue weighted by molar-refractivity contribution is -0.144. The number of esters is 1. The molecule has 8 heteroatoms. The number of aromatic nitrogens is 4. The molecule has 0 unspecified atom stereocenters. The minimum atomic E-state index is -0.375. The first-order valence-electron chi connectivity index (χ1n) is 7.90. The van der Waals surface area contributed by atoms with E-state index < -0.39 is 0 Å². The van der Waals surface area contributed by atoms with E-state index in [-0.39, 0.29) is 30.3 Å². The van der Waals surface area contributed by atoms with E-state index in [0.29, 0.717) is 12.4 Å². The van der Waals surface area contributed by atoms with E-state index in [1.54, 1.807) is 6.92 Å². The Morgan fingerprint density at radius 2 is 2.25 bits per heavy atom. The SMILES string of the molecule is CCOC(=O)Cn1nnnc1-c1ccc2c(c1)[C@@H]1O[C@@H]1C(C)(C)O2. The Labute approximate surface area is 138 Å². The molecular weight excluding hydrogens is 312 g/mol. The summed E-state index contributed by atoms with van der Waals surface area (Å²) < 4.78 is 18.2. The average Bonchev–Trinajstić information content (AvgIpc) is 3.23. The highest BCUT2D eigenvalue weighted by Gasteiger charge is 2.56. The fourth-order valence-corrected chi connectivity index (χ4v) is 3.07. The molecule has 1 fully saturated rings. The molecule has 4 rings (SSSR count). The van der Waals surface area contributed by atoms with Crippen LogP contribution in [0, 0.1) is 0 Å². The van der Waals surface area contributed by atoms with Crippen LogP contribution < -0.4 is 4.74 Å².